The van der Waals surface area contributed by atoms with Crippen LogP contribution in [0.25, 0.3) is 11.4 Å². The van der Waals surface area contributed by atoms with Gasteiger partial charge in [0.05, 0.1) is 4.90 Å². The molecule has 2 aromatic carbocycles. The van der Waals surface area contributed by atoms with Gasteiger partial charge in [-0.2, -0.15) is 9.29 Å². The van der Waals surface area contributed by atoms with Crippen molar-refractivity contribution in [3.8, 4) is 11.4 Å². The number of halogens is 1. The van der Waals surface area contributed by atoms with Crippen LogP contribution in [0.4, 0.5) is 0 Å². The average molecular weight is 489 g/mol. The number of rotatable bonds is 6. The van der Waals surface area contributed by atoms with Crippen LogP contribution in [0.3, 0.4) is 0 Å². The number of nitrogens with zero attached hydrogens (tertiary/aromatic N) is 4. The zero-order chi connectivity index (χ0) is 23.4. The van der Waals surface area contributed by atoms with Gasteiger partial charge in [-0.1, -0.05) is 34.5 Å². The fourth-order valence-electron chi connectivity index (χ4n) is 3.69. The zero-order valence-electron chi connectivity index (χ0n) is 18.3. The maximum atomic E-state index is 13.0. The molecule has 1 aliphatic heterocycles. The van der Waals surface area contributed by atoms with E-state index in [1.807, 2.05) is 6.92 Å². The molecule has 0 atom stereocenters. The molecule has 174 valence electrons. The first kappa shape index (κ1) is 23.4. The van der Waals surface area contributed by atoms with Crippen molar-refractivity contribution in [2.45, 2.75) is 31.1 Å². The van der Waals surface area contributed by atoms with Crippen molar-refractivity contribution in [1.82, 2.24) is 19.3 Å². The maximum absolute atomic E-state index is 13.0. The number of amides is 1. The summed E-state index contributed by atoms with van der Waals surface area (Å²) in [5, 5.41) is 4.59. The van der Waals surface area contributed by atoms with E-state index in [0.29, 0.717) is 49.2 Å². The van der Waals surface area contributed by atoms with E-state index in [2.05, 4.69) is 10.1 Å². The lowest BCUT2D eigenvalue weighted by molar-refractivity contribution is -0.131. The van der Waals surface area contributed by atoms with E-state index in [1.54, 1.807) is 53.4 Å². The Balaban J connectivity index is 1.33. The number of hydrogen-bond acceptors (Lipinski definition) is 6. The quantitative estimate of drug-likeness (QED) is 0.526. The van der Waals surface area contributed by atoms with Gasteiger partial charge in [-0.15, -0.1) is 0 Å². The topological polar surface area (TPSA) is 96.6 Å². The minimum Gasteiger partial charge on any atom is -0.341 e. The molecule has 1 saturated heterocycles. The van der Waals surface area contributed by atoms with E-state index < -0.39 is 10.0 Å². The van der Waals surface area contributed by atoms with Crippen molar-refractivity contribution in [3.05, 3.63) is 65.0 Å². The van der Waals surface area contributed by atoms with Crippen LogP contribution in [0.15, 0.2) is 57.9 Å². The first-order valence-electron chi connectivity index (χ1n) is 10.8. The monoisotopic (exact) mass is 488 g/mol. The third kappa shape index (κ3) is 5.61. The molecular formula is C23H25ClN4O4S. The molecule has 1 aliphatic rings. The van der Waals surface area contributed by atoms with Crippen molar-refractivity contribution in [3.63, 3.8) is 0 Å². The first-order chi connectivity index (χ1) is 15.8. The van der Waals surface area contributed by atoms with Gasteiger partial charge in [0.15, 0.2) is 0 Å². The molecule has 3 aromatic rings. The number of sulfonamides is 1. The lowest BCUT2D eigenvalue weighted by Gasteiger charge is -2.22. The van der Waals surface area contributed by atoms with Crippen LogP contribution in [0.1, 0.15) is 24.3 Å². The second-order valence-corrected chi connectivity index (χ2v) is 10.3. The normalized spacial score (nSPS) is 15.4. The van der Waals surface area contributed by atoms with Gasteiger partial charge in [0.25, 0.3) is 0 Å². The molecule has 8 nitrogen and oxygen atoms in total. The van der Waals surface area contributed by atoms with Gasteiger partial charge in [-0.3, -0.25) is 4.79 Å². The Labute approximate surface area is 198 Å². The minimum absolute atomic E-state index is 0.0594. The fraction of sp³-hybridized carbons (Fsp3) is 0.348. The van der Waals surface area contributed by atoms with Crippen LogP contribution in [0.2, 0.25) is 5.02 Å². The molecule has 2 heterocycles. The smallest absolute Gasteiger partial charge is 0.243 e. The van der Waals surface area contributed by atoms with Crippen molar-refractivity contribution in [2.75, 3.05) is 26.2 Å². The van der Waals surface area contributed by atoms with Gasteiger partial charge in [-0.05, 0) is 49.7 Å². The minimum atomic E-state index is -3.58. The Morgan fingerprint density at radius 2 is 1.76 bits per heavy atom. The van der Waals surface area contributed by atoms with E-state index in [0.717, 1.165) is 11.1 Å². The fourth-order valence-corrected chi connectivity index (χ4v) is 5.28. The van der Waals surface area contributed by atoms with Crippen LogP contribution in [0.5, 0.6) is 0 Å². The molecule has 0 aliphatic carbocycles. The van der Waals surface area contributed by atoms with Gasteiger partial charge in [0.1, 0.15) is 0 Å². The van der Waals surface area contributed by atoms with E-state index >= 15 is 0 Å². The van der Waals surface area contributed by atoms with Gasteiger partial charge in [-0.25, -0.2) is 8.42 Å². The summed E-state index contributed by atoms with van der Waals surface area (Å²) >= 11 is 5.90. The molecule has 1 amide bonds. The van der Waals surface area contributed by atoms with Crippen molar-refractivity contribution >= 4 is 27.5 Å². The summed E-state index contributed by atoms with van der Waals surface area (Å²) < 4.78 is 32.7. The Morgan fingerprint density at radius 3 is 2.48 bits per heavy atom. The molecule has 0 unspecified atom stereocenters. The third-order valence-corrected chi connectivity index (χ3v) is 7.75. The molecule has 0 saturated carbocycles. The maximum Gasteiger partial charge on any atom is 0.243 e. The van der Waals surface area contributed by atoms with Crippen LogP contribution in [-0.4, -0.2) is 59.8 Å². The van der Waals surface area contributed by atoms with Crippen molar-refractivity contribution in [2.24, 2.45) is 0 Å². The Hall–Kier alpha value is -2.75. The SMILES string of the molecule is Cc1ccc(S(=O)(=O)N2CCCN(C(=O)CCc3nc(-c4ccc(Cl)cc4)no3)CC2)cc1. The molecule has 1 aromatic heterocycles. The number of hydrogen-bond donors (Lipinski definition) is 0. The number of benzene rings is 2. The summed E-state index contributed by atoms with van der Waals surface area (Å²) in [6, 6.07) is 13.9. The number of aromatic nitrogens is 2. The van der Waals surface area contributed by atoms with Crippen LogP contribution >= 0.6 is 11.6 Å². The standard InChI is InChI=1S/C23H25ClN4O4S/c1-17-3-9-20(10-4-17)33(30,31)28-14-2-13-27(15-16-28)22(29)12-11-21-25-23(26-32-21)18-5-7-19(24)8-6-18/h3-10H,2,11-16H2,1H3. The van der Waals surface area contributed by atoms with E-state index in [4.69, 9.17) is 16.1 Å². The average Bonchev–Trinajstić information content (AvgIpc) is 3.13. The molecule has 33 heavy (non-hydrogen) atoms. The van der Waals surface area contributed by atoms with Gasteiger partial charge in [0.2, 0.25) is 27.6 Å². The predicted octanol–water partition coefficient (Wildman–Crippen LogP) is 3.55. The van der Waals surface area contributed by atoms with Gasteiger partial charge < -0.3 is 9.42 Å². The highest BCUT2D eigenvalue weighted by molar-refractivity contribution is 7.89. The zero-order valence-corrected chi connectivity index (χ0v) is 19.8. The van der Waals surface area contributed by atoms with Crippen molar-refractivity contribution < 1.29 is 17.7 Å². The number of carbonyl (C=O) groups is 1. The van der Waals surface area contributed by atoms with Crippen LogP contribution in [0, 0.1) is 6.92 Å². The lowest BCUT2D eigenvalue weighted by Crippen LogP contribution is -2.37. The van der Waals surface area contributed by atoms with E-state index in [9.17, 15) is 13.2 Å². The predicted molar refractivity (Wildman–Crippen MR) is 124 cm³/mol. The highest BCUT2D eigenvalue weighted by Gasteiger charge is 2.28. The highest BCUT2D eigenvalue weighted by atomic mass is 35.5. The largest absolute Gasteiger partial charge is 0.341 e. The second-order valence-electron chi connectivity index (χ2n) is 7.97. The summed E-state index contributed by atoms with van der Waals surface area (Å²) in [4.78, 5) is 19.1. The molecule has 10 heteroatoms. The second kappa shape index (κ2) is 10.0. The first-order valence-corrected chi connectivity index (χ1v) is 12.6. The molecule has 0 bridgehead atoms. The number of carbonyl (C=O) groups excluding carboxylic acids is 1. The number of aryl methyl sites for hydroxylation is 2. The molecule has 0 N–H and O–H groups in total. The lowest BCUT2D eigenvalue weighted by atomic mass is 10.2. The summed E-state index contributed by atoms with van der Waals surface area (Å²) in [5.41, 5.74) is 1.78. The van der Waals surface area contributed by atoms with E-state index in [1.165, 1.54) is 4.31 Å². The highest BCUT2D eigenvalue weighted by Crippen LogP contribution is 2.20. The Kier molecular flexibility index (Phi) is 7.11. The Bertz CT molecular complexity index is 1210. The van der Waals surface area contributed by atoms with Crippen molar-refractivity contribution in [1.29, 1.82) is 0 Å². The van der Waals surface area contributed by atoms with Crippen LogP contribution in [-0.2, 0) is 21.2 Å². The van der Waals surface area contributed by atoms with Crippen LogP contribution < -0.4 is 0 Å². The third-order valence-electron chi connectivity index (χ3n) is 5.59. The Morgan fingerprint density at radius 1 is 1.03 bits per heavy atom. The molecular weight excluding hydrogens is 464 g/mol. The van der Waals surface area contributed by atoms with Gasteiger partial charge in [0, 0.05) is 49.6 Å². The molecule has 0 spiro atoms. The molecule has 0 radical (unpaired) electrons. The molecule has 4 rings (SSSR count). The summed E-state index contributed by atoms with van der Waals surface area (Å²) in [6.07, 6.45) is 1.12. The summed E-state index contributed by atoms with van der Waals surface area (Å²) in [6.45, 7) is 3.43. The summed E-state index contributed by atoms with van der Waals surface area (Å²) in [5.74, 6) is 0.767. The van der Waals surface area contributed by atoms with E-state index in [-0.39, 0.29) is 23.8 Å². The summed E-state index contributed by atoms with van der Waals surface area (Å²) in [7, 11) is -3.58. The molecule has 1 fully saturated rings. The van der Waals surface area contributed by atoms with Gasteiger partial charge >= 0.3 is 0 Å².